The fraction of sp³-hybridized carbons (Fsp3) is 0.294. The molecule has 0 aromatic heterocycles. The summed E-state index contributed by atoms with van der Waals surface area (Å²) in [5.74, 6) is 1.84. The Bertz CT molecular complexity index is 583. The third kappa shape index (κ3) is 2.78. The molecule has 3 nitrogen and oxygen atoms in total. The maximum Gasteiger partial charge on any atom is 0.122 e. The smallest absolute Gasteiger partial charge is 0.122 e. The second-order valence-corrected chi connectivity index (χ2v) is 5.13. The van der Waals surface area contributed by atoms with Gasteiger partial charge in [-0.1, -0.05) is 36.4 Å². The first-order chi connectivity index (χ1) is 9.84. The first-order valence-corrected chi connectivity index (χ1v) is 7.04. The minimum Gasteiger partial charge on any atom is -0.508 e. The zero-order valence-corrected chi connectivity index (χ0v) is 11.4. The van der Waals surface area contributed by atoms with E-state index in [4.69, 9.17) is 4.74 Å². The first kappa shape index (κ1) is 13.0. The van der Waals surface area contributed by atoms with Gasteiger partial charge >= 0.3 is 0 Å². The van der Waals surface area contributed by atoms with E-state index in [1.54, 1.807) is 6.07 Å². The molecule has 0 saturated carbocycles. The van der Waals surface area contributed by atoms with Crippen molar-refractivity contribution in [3.8, 4) is 11.5 Å². The number of rotatable bonds is 4. The van der Waals surface area contributed by atoms with Crippen molar-refractivity contribution in [3.05, 3.63) is 59.7 Å². The third-order valence-electron chi connectivity index (χ3n) is 3.78. The van der Waals surface area contributed by atoms with Gasteiger partial charge in [-0.2, -0.15) is 0 Å². The Morgan fingerprint density at radius 3 is 2.80 bits per heavy atom. The van der Waals surface area contributed by atoms with Crippen LogP contribution in [0.25, 0.3) is 0 Å². The van der Waals surface area contributed by atoms with Crippen molar-refractivity contribution in [1.82, 2.24) is 5.32 Å². The van der Waals surface area contributed by atoms with Crippen molar-refractivity contribution in [2.24, 2.45) is 0 Å². The molecule has 1 aliphatic heterocycles. The highest BCUT2D eigenvalue weighted by Crippen LogP contribution is 2.32. The van der Waals surface area contributed by atoms with E-state index in [1.807, 2.05) is 30.3 Å². The number of fused-ring (bicyclic) bond motifs is 1. The van der Waals surface area contributed by atoms with Gasteiger partial charge in [0, 0.05) is 24.6 Å². The number of phenols is 1. The standard InChI is InChI=1S/C17H19NO2/c19-16-7-3-1-5-14(16)12-18-11-13-9-10-20-17-8-4-2-6-15(13)17/h1-8,13,18-19H,9-12H2. The molecule has 2 aromatic carbocycles. The van der Waals surface area contributed by atoms with Gasteiger partial charge < -0.3 is 15.2 Å². The van der Waals surface area contributed by atoms with E-state index in [2.05, 4.69) is 17.4 Å². The fourth-order valence-electron chi connectivity index (χ4n) is 2.67. The SMILES string of the molecule is Oc1ccccc1CNCC1CCOc2ccccc21. The molecule has 0 amide bonds. The van der Waals surface area contributed by atoms with Crippen molar-refractivity contribution < 1.29 is 9.84 Å². The van der Waals surface area contributed by atoms with Gasteiger partial charge in [-0.3, -0.25) is 0 Å². The van der Waals surface area contributed by atoms with Crippen LogP contribution in [0, 0.1) is 0 Å². The highest BCUT2D eigenvalue weighted by atomic mass is 16.5. The monoisotopic (exact) mass is 269 g/mol. The molecule has 0 saturated heterocycles. The van der Waals surface area contributed by atoms with Crippen LogP contribution in [0.5, 0.6) is 11.5 Å². The molecule has 3 rings (SSSR count). The second-order valence-electron chi connectivity index (χ2n) is 5.13. The third-order valence-corrected chi connectivity index (χ3v) is 3.78. The fourth-order valence-corrected chi connectivity index (χ4v) is 2.67. The molecule has 20 heavy (non-hydrogen) atoms. The lowest BCUT2D eigenvalue weighted by molar-refractivity contribution is 0.264. The summed E-state index contributed by atoms with van der Waals surface area (Å²) in [5.41, 5.74) is 2.22. The molecule has 104 valence electrons. The predicted octanol–water partition coefficient (Wildman–Crippen LogP) is 3.05. The predicted molar refractivity (Wildman–Crippen MR) is 79.1 cm³/mol. The maximum absolute atomic E-state index is 9.75. The van der Waals surface area contributed by atoms with E-state index >= 15 is 0 Å². The van der Waals surface area contributed by atoms with Gasteiger partial charge in [0.15, 0.2) is 0 Å². The van der Waals surface area contributed by atoms with E-state index in [0.29, 0.717) is 18.2 Å². The largest absolute Gasteiger partial charge is 0.508 e. The molecule has 1 aliphatic rings. The Morgan fingerprint density at radius 2 is 1.90 bits per heavy atom. The van der Waals surface area contributed by atoms with Gasteiger partial charge in [-0.25, -0.2) is 0 Å². The van der Waals surface area contributed by atoms with Gasteiger partial charge in [0.05, 0.1) is 6.61 Å². The number of aromatic hydroxyl groups is 1. The number of phenolic OH excluding ortho intramolecular Hbond substituents is 1. The van der Waals surface area contributed by atoms with Crippen molar-refractivity contribution in [3.63, 3.8) is 0 Å². The number of benzene rings is 2. The molecule has 0 aliphatic carbocycles. The average Bonchev–Trinajstić information content (AvgIpc) is 2.49. The van der Waals surface area contributed by atoms with E-state index in [9.17, 15) is 5.11 Å². The lowest BCUT2D eigenvalue weighted by Gasteiger charge is -2.26. The second kappa shape index (κ2) is 5.97. The molecule has 3 heteroatoms. The summed E-state index contributed by atoms with van der Waals surface area (Å²) in [7, 11) is 0. The lowest BCUT2D eigenvalue weighted by Crippen LogP contribution is -2.25. The molecule has 0 radical (unpaired) electrons. The van der Waals surface area contributed by atoms with E-state index in [0.717, 1.165) is 30.9 Å². The summed E-state index contributed by atoms with van der Waals surface area (Å²) in [6.07, 6.45) is 1.03. The minimum absolute atomic E-state index is 0.354. The van der Waals surface area contributed by atoms with Gasteiger partial charge in [-0.05, 0) is 24.1 Å². The number of nitrogens with one attached hydrogen (secondary N) is 1. The molecule has 1 heterocycles. The Labute approximate surface area is 119 Å². The Kier molecular flexibility index (Phi) is 3.88. The van der Waals surface area contributed by atoms with Gasteiger partial charge in [0.2, 0.25) is 0 Å². The normalized spacial score (nSPS) is 17.3. The van der Waals surface area contributed by atoms with Crippen molar-refractivity contribution in [2.75, 3.05) is 13.2 Å². The van der Waals surface area contributed by atoms with E-state index < -0.39 is 0 Å². The zero-order chi connectivity index (χ0) is 13.8. The molecule has 0 fully saturated rings. The summed E-state index contributed by atoms with van der Waals surface area (Å²) in [4.78, 5) is 0. The van der Waals surface area contributed by atoms with Crippen LogP contribution in [0.1, 0.15) is 23.5 Å². The van der Waals surface area contributed by atoms with Gasteiger partial charge in [0.1, 0.15) is 11.5 Å². The number of para-hydroxylation sites is 2. The Morgan fingerprint density at radius 1 is 1.10 bits per heavy atom. The number of ether oxygens (including phenoxy) is 1. The van der Waals surface area contributed by atoms with E-state index in [-0.39, 0.29) is 0 Å². The molecule has 0 spiro atoms. The van der Waals surface area contributed by atoms with Crippen molar-refractivity contribution >= 4 is 0 Å². The lowest BCUT2D eigenvalue weighted by atomic mass is 9.93. The van der Waals surface area contributed by atoms with Crippen LogP contribution >= 0.6 is 0 Å². The molecular formula is C17H19NO2. The van der Waals surface area contributed by atoms with Gasteiger partial charge in [0.25, 0.3) is 0 Å². The highest BCUT2D eigenvalue weighted by molar-refractivity contribution is 5.38. The summed E-state index contributed by atoms with van der Waals surface area (Å²) < 4.78 is 5.67. The van der Waals surface area contributed by atoms with Gasteiger partial charge in [-0.15, -0.1) is 0 Å². The van der Waals surface area contributed by atoms with Crippen LogP contribution < -0.4 is 10.1 Å². The Hall–Kier alpha value is -2.00. The van der Waals surface area contributed by atoms with Crippen LogP contribution in [-0.4, -0.2) is 18.3 Å². The summed E-state index contributed by atoms with van der Waals surface area (Å²) in [6.45, 7) is 2.36. The number of hydrogen-bond acceptors (Lipinski definition) is 3. The topological polar surface area (TPSA) is 41.5 Å². The molecule has 0 bridgehead atoms. The minimum atomic E-state index is 0.354. The first-order valence-electron chi connectivity index (χ1n) is 7.04. The number of hydrogen-bond donors (Lipinski definition) is 2. The summed E-state index contributed by atoms with van der Waals surface area (Å²) in [6, 6.07) is 15.7. The molecular weight excluding hydrogens is 250 g/mol. The average molecular weight is 269 g/mol. The van der Waals surface area contributed by atoms with Crippen molar-refractivity contribution in [2.45, 2.75) is 18.9 Å². The summed E-state index contributed by atoms with van der Waals surface area (Å²) >= 11 is 0. The molecule has 1 atom stereocenters. The summed E-state index contributed by atoms with van der Waals surface area (Å²) in [5, 5.41) is 13.2. The molecule has 1 unspecified atom stereocenters. The Balaban J connectivity index is 1.61. The van der Waals surface area contributed by atoms with Crippen LogP contribution in [0.4, 0.5) is 0 Å². The van der Waals surface area contributed by atoms with Crippen molar-refractivity contribution in [1.29, 1.82) is 0 Å². The quantitative estimate of drug-likeness (QED) is 0.896. The van der Waals surface area contributed by atoms with Crippen LogP contribution in [0.15, 0.2) is 48.5 Å². The van der Waals surface area contributed by atoms with E-state index in [1.165, 1.54) is 5.56 Å². The highest BCUT2D eigenvalue weighted by Gasteiger charge is 2.20. The van der Waals surface area contributed by atoms with Crippen LogP contribution in [-0.2, 0) is 6.54 Å². The maximum atomic E-state index is 9.75. The zero-order valence-electron chi connectivity index (χ0n) is 11.4. The molecule has 2 aromatic rings. The molecule has 2 N–H and O–H groups in total. The van der Waals surface area contributed by atoms with Crippen LogP contribution in [0.3, 0.4) is 0 Å². The van der Waals surface area contributed by atoms with Crippen LogP contribution in [0.2, 0.25) is 0 Å².